The highest BCUT2D eigenvalue weighted by atomic mass is 16.5. The van der Waals surface area contributed by atoms with Crippen LogP contribution in [0.25, 0.3) is 10.9 Å². The Morgan fingerprint density at radius 2 is 1.91 bits per heavy atom. The highest BCUT2D eigenvalue weighted by Crippen LogP contribution is 2.44. The average Bonchev–Trinajstić information content (AvgIpc) is 3.19. The third-order valence-electron chi connectivity index (χ3n) is 6.73. The van der Waals surface area contributed by atoms with Gasteiger partial charge in [-0.1, -0.05) is 38.1 Å². The molecular weight excluding hydrogens is 430 g/mol. The lowest BCUT2D eigenvalue weighted by molar-refractivity contribution is -0.159. The second kappa shape index (κ2) is 8.70. The number of piperazine rings is 1. The number of ether oxygens (including phenoxy) is 2. The molecule has 2 aliphatic heterocycles. The van der Waals surface area contributed by atoms with Crippen LogP contribution in [0.4, 0.5) is 0 Å². The number of nitrogens with one attached hydrogen (secondary N) is 1. The van der Waals surface area contributed by atoms with Gasteiger partial charge in [0.15, 0.2) is 11.5 Å². The summed E-state index contributed by atoms with van der Waals surface area (Å²) in [6.45, 7) is 7.27. The number of methoxy groups -OCH3 is 1. The Labute approximate surface area is 199 Å². The zero-order chi connectivity index (χ0) is 24.0. The molecule has 2 amide bonds. The third kappa shape index (κ3) is 3.59. The normalized spacial score (nSPS) is 20.0. The van der Waals surface area contributed by atoms with Crippen molar-refractivity contribution in [1.29, 1.82) is 0 Å². The van der Waals surface area contributed by atoms with Crippen LogP contribution in [0.3, 0.4) is 0 Å². The summed E-state index contributed by atoms with van der Waals surface area (Å²) in [5.74, 6) is 1.54. The number of aromatic amines is 1. The van der Waals surface area contributed by atoms with E-state index in [1.807, 2.05) is 43.3 Å². The molecule has 0 bridgehead atoms. The Hall–Kier alpha value is -3.48. The molecule has 3 heterocycles. The van der Waals surface area contributed by atoms with Gasteiger partial charge in [-0.3, -0.25) is 9.59 Å². The van der Waals surface area contributed by atoms with E-state index in [9.17, 15) is 9.59 Å². The van der Waals surface area contributed by atoms with Gasteiger partial charge >= 0.3 is 0 Å². The maximum atomic E-state index is 13.6. The quantitative estimate of drug-likeness (QED) is 0.604. The standard InChI is InChI=1S/C27H31N3O4/c1-5-34-22-11-10-17(12-23(22)33-4)26-25-19(18-8-6-7-9-20(18)28-25)13-21-27(32)29(14-16(2)3)15-24(31)30(21)26/h6-12,16,21,26,28H,5,13-15H2,1-4H3/t21-,26+/m0/s1. The Bertz CT molecular complexity index is 1250. The first kappa shape index (κ1) is 22.3. The van der Waals surface area contributed by atoms with Crippen molar-refractivity contribution >= 4 is 22.7 Å². The van der Waals surface area contributed by atoms with Gasteiger partial charge in [0, 0.05) is 29.6 Å². The number of nitrogens with zero attached hydrogens (tertiary/aromatic N) is 2. The number of amides is 2. The van der Waals surface area contributed by atoms with Gasteiger partial charge in [0.25, 0.3) is 0 Å². The van der Waals surface area contributed by atoms with Crippen LogP contribution in [-0.4, -0.2) is 59.4 Å². The molecule has 3 aromatic rings. The number of rotatable bonds is 6. The lowest BCUT2D eigenvalue weighted by atomic mass is 9.86. The first-order valence-electron chi connectivity index (χ1n) is 11.9. The van der Waals surface area contributed by atoms with Gasteiger partial charge in [-0.25, -0.2) is 0 Å². The van der Waals surface area contributed by atoms with Gasteiger partial charge in [0.2, 0.25) is 11.8 Å². The molecule has 1 N–H and O–H groups in total. The van der Waals surface area contributed by atoms with E-state index in [4.69, 9.17) is 9.47 Å². The van der Waals surface area contributed by atoms with Crippen molar-refractivity contribution in [3.63, 3.8) is 0 Å². The van der Waals surface area contributed by atoms with Crippen LogP contribution in [0.2, 0.25) is 0 Å². The van der Waals surface area contributed by atoms with E-state index in [1.54, 1.807) is 16.9 Å². The van der Waals surface area contributed by atoms with Gasteiger partial charge in [-0.2, -0.15) is 0 Å². The lowest BCUT2D eigenvalue weighted by Gasteiger charge is -2.47. The van der Waals surface area contributed by atoms with Crippen LogP contribution in [0.5, 0.6) is 11.5 Å². The summed E-state index contributed by atoms with van der Waals surface area (Å²) >= 11 is 0. The molecule has 5 rings (SSSR count). The minimum atomic E-state index is -0.533. The fraction of sp³-hybridized carbons (Fsp3) is 0.407. The third-order valence-corrected chi connectivity index (χ3v) is 6.73. The summed E-state index contributed by atoms with van der Waals surface area (Å²) in [5.41, 5.74) is 3.95. The zero-order valence-electron chi connectivity index (χ0n) is 20.1. The summed E-state index contributed by atoms with van der Waals surface area (Å²) in [6.07, 6.45) is 0.503. The van der Waals surface area contributed by atoms with Crippen LogP contribution in [0.1, 0.15) is 43.6 Å². The number of hydrogen-bond acceptors (Lipinski definition) is 4. The summed E-state index contributed by atoms with van der Waals surface area (Å²) in [5, 5.41) is 1.10. The summed E-state index contributed by atoms with van der Waals surface area (Å²) in [7, 11) is 1.61. The highest BCUT2D eigenvalue weighted by molar-refractivity contribution is 5.97. The Morgan fingerprint density at radius 1 is 1.12 bits per heavy atom. The van der Waals surface area contributed by atoms with Crippen LogP contribution in [-0.2, 0) is 16.0 Å². The highest BCUT2D eigenvalue weighted by Gasteiger charge is 2.48. The molecular formula is C27H31N3O4. The van der Waals surface area contributed by atoms with Gasteiger partial charge in [-0.15, -0.1) is 0 Å². The Morgan fingerprint density at radius 3 is 2.65 bits per heavy atom. The number of carbonyl (C=O) groups is 2. The van der Waals surface area contributed by atoms with Crippen molar-refractivity contribution in [3.8, 4) is 11.5 Å². The molecule has 7 nitrogen and oxygen atoms in total. The minimum Gasteiger partial charge on any atom is -0.493 e. The minimum absolute atomic E-state index is 0.0205. The van der Waals surface area contributed by atoms with Crippen LogP contribution >= 0.6 is 0 Å². The molecule has 0 spiro atoms. The van der Waals surface area contributed by atoms with Gasteiger partial charge < -0.3 is 24.3 Å². The van der Waals surface area contributed by atoms with Crippen LogP contribution < -0.4 is 9.47 Å². The molecule has 0 radical (unpaired) electrons. The Kier molecular flexibility index (Phi) is 5.71. The van der Waals surface area contributed by atoms with E-state index in [0.717, 1.165) is 27.7 Å². The Balaban J connectivity index is 1.67. The monoisotopic (exact) mass is 461 g/mol. The number of fused-ring (bicyclic) bond motifs is 4. The molecule has 2 aromatic carbocycles. The largest absolute Gasteiger partial charge is 0.493 e. The smallest absolute Gasteiger partial charge is 0.246 e. The molecule has 0 saturated carbocycles. The number of para-hydroxylation sites is 1. The zero-order valence-corrected chi connectivity index (χ0v) is 20.1. The predicted octanol–water partition coefficient (Wildman–Crippen LogP) is 3.92. The second-order valence-electron chi connectivity index (χ2n) is 9.44. The molecule has 0 unspecified atom stereocenters. The van der Waals surface area contributed by atoms with Gasteiger partial charge in [0.05, 0.1) is 26.3 Å². The van der Waals surface area contributed by atoms with Crippen molar-refractivity contribution in [2.75, 3.05) is 26.8 Å². The molecule has 34 heavy (non-hydrogen) atoms. The fourth-order valence-electron chi connectivity index (χ4n) is 5.39. The number of carbonyl (C=O) groups excluding carboxylic acids is 2. The van der Waals surface area contributed by atoms with Crippen LogP contribution in [0.15, 0.2) is 42.5 Å². The molecule has 7 heteroatoms. The number of H-pyrrole nitrogens is 1. The lowest BCUT2D eigenvalue weighted by Crippen LogP contribution is -2.63. The molecule has 2 aliphatic rings. The number of benzene rings is 2. The maximum Gasteiger partial charge on any atom is 0.246 e. The molecule has 1 saturated heterocycles. The van der Waals surface area contributed by atoms with Crippen molar-refractivity contribution in [2.45, 2.75) is 39.3 Å². The van der Waals surface area contributed by atoms with Crippen LogP contribution in [0, 0.1) is 5.92 Å². The van der Waals surface area contributed by atoms with Crippen molar-refractivity contribution in [2.24, 2.45) is 5.92 Å². The summed E-state index contributed by atoms with van der Waals surface area (Å²) in [6, 6.07) is 12.9. The molecule has 1 fully saturated rings. The van der Waals surface area contributed by atoms with Crippen molar-refractivity contribution in [3.05, 3.63) is 59.3 Å². The van der Waals surface area contributed by atoms with Crippen molar-refractivity contribution < 1.29 is 19.1 Å². The number of aromatic nitrogens is 1. The molecule has 2 atom stereocenters. The van der Waals surface area contributed by atoms with Gasteiger partial charge in [0.1, 0.15) is 6.04 Å². The first-order chi connectivity index (χ1) is 16.4. The van der Waals surface area contributed by atoms with E-state index < -0.39 is 12.1 Å². The first-order valence-corrected chi connectivity index (χ1v) is 11.9. The van der Waals surface area contributed by atoms with Crippen molar-refractivity contribution in [1.82, 2.24) is 14.8 Å². The maximum absolute atomic E-state index is 13.6. The van der Waals surface area contributed by atoms with E-state index in [-0.39, 0.29) is 18.4 Å². The van der Waals surface area contributed by atoms with E-state index in [2.05, 4.69) is 24.9 Å². The molecule has 178 valence electrons. The molecule has 0 aliphatic carbocycles. The van der Waals surface area contributed by atoms with E-state index >= 15 is 0 Å². The SMILES string of the molecule is CCOc1ccc([C@@H]2c3[nH]c4ccccc4c3C[C@H]3C(=O)N(CC(C)C)CC(=O)N23)cc1OC. The predicted molar refractivity (Wildman–Crippen MR) is 130 cm³/mol. The van der Waals surface area contributed by atoms with E-state index in [0.29, 0.717) is 37.0 Å². The fourth-order valence-corrected chi connectivity index (χ4v) is 5.39. The topological polar surface area (TPSA) is 74.9 Å². The van der Waals surface area contributed by atoms with E-state index in [1.165, 1.54) is 0 Å². The molecule has 1 aromatic heterocycles. The number of hydrogen-bond donors (Lipinski definition) is 1. The summed E-state index contributed by atoms with van der Waals surface area (Å²) in [4.78, 5) is 34.3. The second-order valence-corrected chi connectivity index (χ2v) is 9.44. The summed E-state index contributed by atoms with van der Waals surface area (Å²) < 4.78 is 11.3. The van der Waals surface area contributed by atoms with Gasteiger partial charge in [-0.05, 0) is 42.2 Å². The average molecular weight is 462 g/mol.